The Morgan fingerprint density at radius 1 is 1.17 bits per heavy atom. The van der Waals surface area contributed by atoms with Crippen molar-refractivity contribution in [2.24, 2.45) is 0 Å². The molecule has 0 unspecified atom stereocenters. The Morgan fingerprint density at radius 2 is 1.90 bits per heavy atom. The highest BCUT2D eigenvalue weighted by atomic mass is 32.1. The van der Waals surface area contributed by atoms with Crippen molar-refractivity contribution in [2.45, 2.75) is 27.0 Å². The van der Waals surface area contributed by atoms with Crippen LogP contribution in [0.3, 0.4) is 0 Å². The van der Waals surface area contributed by atoms with E-state index in [1.807, 2.05) is 18.5 Å². The third kappa shape index (κ3) is 4.18. The fourth-order valence-corrected chi connectivity index (χ4v) is 4.21. The van der Waals surface area contributed by atoms with Gasteiger partial charge in [0.05, 0.1) is 22.8 Å². The van der Waals surface area contributed by atoms with Crippen molar-refractivity contribution in [2.75, 3.05) is 5.32 Å². The molecule has 1 amide bonds. The lowest BCUT2D eigenvalue weighted by atomic mass is 10.1. The molecule has 0 bridgehead atoms. The number of alkyl halides is 2. The van der Waals surface area contributed by atoms with E-state index < -0.39 is 6.61 Å². The predicted molar refractivity (Wildman–Crippen MR) is 114 cm³/mol. The minimum atomic E-state index is -2.97. The molecule has 5 nitrogen and oxygen atoms in total. The maximum atomic E-state index is 12.8. The molecule has 1 N–H and O–H groups in total. The third-order valence-corrected chi connectivity index (χ3v) is 5.78. The van der Waals surface area contributed by atoms with Gasteiger partial charge in [0, 0.05) is 5.39 Å². The molecular weight excluding hydrogens is 408 g/mol. The van der Waals surface area contributed by atoms with E-state index in [1.54, 1.807) is 18.2 Å². The van der Waals surface area contributed by atoms with Crippen LogP contribution in [0, 0.1) is 13.8 Å². The fraction of sp³-hybridized carbons (Fsp3) is 0.182. The lowest BCUT2D eigenvalue weighted by molar-refractivity contribution is -0.0493. The number of carbonyl (C=O) groups excluding carboxylic acids is 1. The van der Waals surface area contributed by atoms with Gasteiger partial charge >= 0.3 is 6.61 Å². The lowest BCUT2D eigenvalue weighted by Crippen LogP contribution is -2.12. The summed E-state index contributed by atoms with van der Waals surface area (Å²) in [4.78, 5) is 14.1. The monoisotopic (exact) mass is 427 g/mol. The van der Waals surface area contributed by atoms with Gasteiger partial charge in [-0.15, -0.1) is 11.3 Å². The van der Waals surface area contributed by atoms with Gasteiger partial charge in [-0.25, -0.2) is 0 Å². The average molecular weight is 427 g/mol. The van der Waals surface area contributed by atoms with Gasteiger partial charge in [0.2, 0.25) is 0 Å². The van der Waals surface area contributed by atoms with Crippen LogP contribution in [0.25, 0.3) is 10.2 Å². The summed E-state index contributed by atoms with van der Waals surface area (Å²) < 4.78 is 31.6. The fourth-order valence-electron chi connectivity index (χ4n) is 3.15. The molecule has 0 aliphatic heterocycles. The zero-order chi connectivity index (χ0) is 21.3. The first kappa shape index (κ1) is 20.0. The van der Waals surface area contributed by atoms with Crippen LogP contribution in [-0.2, 0) is 6.54 Å². The molecule has 0 aliphatic rings. The zero-order valence-corrected chi connectivity index (χ0v) is 17.2. The predicted octanol–water partition coefficient (Wildman–Crippen LogP) is 5.62. The van der Waals surface area contributed by atoms with Crippen LogP contribution < -0.4 is 10.1 Å². The quantitative estimate of drug-likeness (QED) is 0.435. The normalized spacial score (nSPS) is 11.2. The van der Waals surface area contributed by atoms with E-state index >= 15 is 0 Å². The number of ether oxygens (including phenoxy) is 1. The number of amides is 1. The molecule has 30 heavy (non-hydrogen) atoms. The number of fused-ring (bicyclic) bond motifs is 1. The summed E-state index contributed by atoms with van der Waals surface area (Å²) in [6.45, 7) is 1.56. The second kappa shape index (κ2) is 8.23. The van der Waals surface area contributed by atoms with Crippen molar-refractivity contribution in [3.63, 3.8) is 0 Å². The number of para-hydroxylation sites is 2. The number of benzene rings is 2. The average Bonchev–Trinajstić information content (AvgIpc) is 3.26. The highest BCUT2D eigenvalue weighted by molar-refractivity contribution is 7.20. The lowest BCUT2D eigenvalue weighted by Gasteiger charge is -2.11. The smallest absolute Gasteiger partial charge is 0.387 e. The third-order valence-electron chi connectivity index (χ3n) is 4.64. The molecule has 4 aromatic rings. The summed E-state index contributed by atoms with van der Waals surface area (Å²) in [6, 6.07) is 16.1. The maximum Gasteiger partial charge on any atom is 0.387 e. The Labute approximate surface area is 175 Å². The SMILES string of the molecule is Cc1ccc(Cn2nc(C)c3cc(C(=O)Nc4ccccc4OC(F)F)sc32)cc1. The van der Waals surface area contributed by atoms with Gasteiger partial charge in [-0.3, -0.25) is 9.48 Å². The Balaban J connectivity index is 1.59. The molecule has 2 heterocycles. The first-order valence-corrected chi connectivity index (χ1v) is 10.1. The van der Waals surface area contributed by atoms with Gasteiger partial charge < -0.3 is 10.1 Å². The van der Waals surface area contributed by atoms with Crippen LogP contribution in [0.2, 0.25) is 0 Å². The van der Waals surface area contributed by atoms with Gasteiger partial charge in [-0.2, -0.15) is 13.9 Å². The topological polar surface area (TPSA) is 56.2 Å². The van der Waals surface area contributed by atoms with E-state index in [0.29, 0.717) is 11.4 Å². The number of nitrogens with one attached hydrogen (secondary N) is 1. The second-order valence-electron chi connectivity index (χ2n) is 6.89. The van der Waals surface area contributed by atoms with Crippen molar-refractivity contribution in [3.8, 4) is 5.75 Å². The van der Waals surface area contributed by atoms with E-state index in [9.17, 15) is 13.6 Å². The summed E-state index contributed by atoms with van der Waals surface area (Å²) in [5, 5.41) is 8.15. The van der Waals surface area contributed by atoms with Gasteiger partial charge in [0.15, 0.2) is 0 Å². The van der Waals surface area contributed by atoms with Crippen LogP contribution in [0.15, 0.2) is 54.6 Å². The molecule has 8 heteroatoms. The summed E-state index contributed by atoms with van der Waals surface area (Å²) in [5.74, 6) is -0.466. The number of carbonyl (C=O) groups is 1. The van der Waals surface area contributed by atoms with Crippen molar-refractivity contribution in [1.29, 1.82) is 0 Å². The van der Waals surface area contributed by atoms with Gasteiger partial charge in [-0.05, 0) is 37.6 Å². The molecule has 0 saturated heterocycles. The van der Waals surface area contributed by atoms with Crippen molar-refractivity contribution in [1.82, 2.24) is 9.78 Å². The number of aryl methyl sites for hydroxylation is 2. The molecule has 2 aromatic heterocycles. The summed E-state index contributed by atoms with van der Waals surface area (Å²) >= 11 is 1.31. The van der Waals surface area contributed by atoms with Crippen LogP contribution in [0.5, 0.6) is 5.75 Å². The Bertz CT molecular complexity index is 1200. The Hall–Kier alpha value is -3.26. The molecule has 2 aromatic carbocycles. The number of aromatic nitrogens is 2. The van der Waals surface area contributed by atoms with E-state index in [0.717, 1.165) is 21.5 Å². The van der Waals surface area contributed by atoms with Crippen molar-refractivity contribution in [3.05, 3.63) is 76.3 Å². The maximum absolute atomic E-state index is 12.8. The first-order chi connectivity index (χ1) is 14.4. The van der Waals surface area contributed by atoms with Gasteiger partial charge in [0.25, 0.3) is 5.91 Å². The van der Waals surface area contributed by atoms with E-state index in [1.165, 1.54) is 29.0 Å². The molecule has 0 aliphatic carbocycles. The second-order valence-corrected chi connectivity index (χ2v) is 7.92. The van der Waals surface area contributed by atoms with Crippen LogP contribution in [0.1, 0.15) is 26.5 Å². The molecule has 0 atom stereocenters. The zero-order valence-electron chi connectivity index (χ0n) is 16.4. The first-order valence-electron chi connectivity index (χ1n) is 9.28. The molecule has 4 rings (SSSR count). The van der Waals surface area contributed by atoms with Crippen molar-refractivity contribution >= 4 is 33.1 Å². The number of hydrogen-bond donors (Lipinski definition) is 1. The summed E-state index contributed by atoms with van der Waals surface area (Å²) in [7, 11) is 0. The number of hydrogen-bond acceptors (Lipinski definition) is 4. The molecule has 0 radical (unpaired) electrons. The Morgan fingerprint density at radius 3 is 2.63 bits per heavy atom. The molecular formula is C22H19F2N3O2S. The minimum absolute atomic E-state index is 0.0799. The van der Waals surface area contributed by atoms with Crippen LogP contribution >= 0.6 is 11.3 Å². The number of rotatable bonds is 6. The number of anilines is 1. The highest BCUT2D eigenvalue weighted by Gasteiger charge is 2.18. The van der Waals surface area contributed by atoms with Gasteiger partial charge in [-0.1, -0.05) is 42.0 Å². The molecule has 0 saturated carbocycles. The molecule has 154 valence electrons. The number of thiophene rings is 1. The van der Waals surface area contributed by atoms with Gasteiger partial charge in [0.1, 0.15) is 10.6 Å². The van der Waals surface area contributed by atoms with E-state index in [2.05, 4.69) is 39.4 Å². The molecule has 0 fully saturated rings. The summed E-state index contributed by atoms with van der Waals surface area (Å²) in [5.41, 5.74) is 3.32. The van der Waals surface area contributed by atoms with E-state index in [4.69, 9.17) is 0 Å². The largest absolute Gasteiger partial charge is 0.433 e. The summed E-state index contributed by atoms with van der Waals surface area (Å²) in [6.07, 6.45) is 0. The Kier molecular flexibility index (Phi) is 5.50. The molecule has 0 spiro atoms. The number of nitrogens with zero attached hydrogens (tertiary/aromatic N) is 2. The van der Waals surface area contributed by atoms with Crippen molar-refractivity contribution < 1.29 is 18.3 Å². The minimum Gasteiger partial charge on any atom is -0.433 e. The highest BCUT2D eigenvalue weighted by Crippen LogP contribution is 2.31. The van der Waals surface area contributed by atoms with Crippen LogP contribution in [-0.4, -0.2) is 22.3 Å². The van der Waals surface area contributed by atoms with E-state index in [-0.39, 0.29) is 17.3 Å². The standard InChI is InChI=1S/C22H19F2N3O2S/c1-13-7-9-15(10-8-13)12-27-21-16(14(2)26-27)11-19(30-21)20(28)25-17-5-3-4-6-18(17)29-22(23)24/h3-11,22H,12H2,1-2H3,(H,25,28). The number of halogens is 2. The van der Waals surface area contributed by atoms with Crippen LogP contribution in [0.4, 0.5) is 14.5 Å².